The molecule has 3 N–H and O–H groups in total. The van der Waals surface area contributed by atoms with E-state index in [0.29, 0.717) is 11.7 Å². The van der Waals surface area contributed by atoms with Crippen molar-refractivity contribution in [2.45, 2.75) is 18.9 Å². The number of H-pyrrole nitrogens is 1. The number of nitrogens with zero attached hydrogens (tertiary/aromatic N) is 2. The third-order valence-electron chi connectivity index (χ3n) is 5.55. The average Bonchev–Trinajstić information content (AvgIpc) is 3.30. The van der Waals surface area contributed by atoms with Gasteiger partial charge < -0.3 is 20.5 Å². The van der Waals surface area contributed by atoms with Crippen LogP contribution in [0.5, 0.6) is 0 Å². The minimum atomic E-state index is -0.901. The van der Waals surface area contributed by atoms with Gasteiger partial charge in [-0.15, -0.1) is 0 Å². The number of ketones is 1. The van der Waals surface area contributed by atoms with Gasteiger partial charge in [-0.2, -0.15) is 0 Å². The molecule has 33 heavy (non-hydrogen) atoms. The minimum absolute atomic E-state index is 0.0610. The number of piperidine rings is 1. The Kier molecular flexibility index (Phi) is 6.97. The molecule has 2 aromatic heterocycles. The van der Waals surface area contributed by atoms with Crippen molar-refractivity contribution in [1.82, 2.24) is 14.9 Å². The summed E-state index contributed by atoms with van der Waals surface area (Å²) in [6, 6.07) is 7.88. The topological polar surface area (TPSA) is 90.1 Å². The van der Waals surface area contributed by atoms with Crippen LogP contribution in [0.1, 0.15) is 39.3 Å². The van der Waals surface area contributed by atoms with Crippen molar-refractivity contribution in [2.24, 2.45) is 0 Å². The Morgan fingerprint density at radius 3 is 2.58 bits per heavy atom. The number of nitrogens with one attached hydrogen (secondary N) is 3. The lowest BCUT2D eigenvalue weighted by molar-refractivity contribution is 0.102. The van der Waals surface area contributed by atoms with Crippen molar-refractivity contribution in [3.63, 3.8) is 0 Å². The molecule has 1 aliphatic rings. The SMILES string of the molecule is CN1CCC(Nc2ccc(NC(=O)c3cc(C(=O)c4c(Cl)ccc(Cl)c4F)c[nH]3)cn2)CC1. The number of carbonyl (C=O) groups excluding carboxylic acids is 2. The number of carbonyl (C=O) groups is 2. The monoisotopic (exact) mass is 489 g/mol. The zero-order valence-corrected chi connectivity index (χ0v) is 19.3. The van der Waals surface area contributed by atoms with E-state index in [1.165, 1.54) is 24.4 Å². The summed E-state index contributed by atoms with van der Waals surface area (Å²) in [4.78, 5) is 34.7. The van der Waals surface area contributed by atoms with Crippen LogP contribution < -0.4 is 10.6 Å². The highest BCUT2D eigenvalue weighted by atomic mass is 35.5. The highest BCUT2D eigenvalue weighted by Crippen LogP contribution is 2.28. The maximum Gasteiger partial charge on any atom is 0.272 e. The number of pyridine rings is 1. The van der Waals surface area contributed by atoms with Crippen molar-refractivity contribution in [2.75, 3.05) is 30.8 Å². The first kappa shape index (κ1) is 23.2. The number of hydrogen-bond donors (Lipinski definition) is 3. The number of amides is 1. The summed E-state index contributed by atoms with van der Waals surface area (Å²) in [5.41, 5.74) is 0.372. The third-order valence-corrected chi connectivity index (χ3v) is 6.16. The standard InChI is InChI=1S/C23H22Cl2FN5O2/c1-31-8-6-14(7-9-31)29-19-5-2-15(12-28-19)30-23(33)18-10-13(11-27-18)22(32)20-16(24)3-4-17(25)21(20)26/h2-5,10-12,14,27H,6-9H2,1H3,(H,28,29)(H,30,33). The first-order chi connectivity index (χ1) is 15.8. The molecule has 0 aliphatic carbocycles. The van der Waals surface area contributed by atoms with E-state index in [-0.39, 0.29) is 26.9 Å². The van der Waals surface area contributed by atoms with Gasteiger partial charge in [0.25, 0.3) is 5.91 Å². The molecule has 172 valence electrons. The molecule has 0 bridgehead atoms. The number of aromatic amines is 1. The molecule has 0 spiro atoms. The van der Waals surface area contributed by atoms with Gasteiger partial charge in [0.2, 0.25) is 0 Å². The summed E-state index contributed by atoms with van der Waals surface area (Å²) < 4.78 is 14.3. The maximum atomic E-state index is 14.3. The highest BCUT2D eigenvalue weighted by molar-refractivity contribution is 6.37. The maximum absolute atomic E-state index is 14.3. The Balaban J connectivity index is 1.40. The minimum Gasteiger partial charge on any atom is -0.367 e. The second-order valence-corrected chi connectivity index (χ2v) is 8.77. The molecule has 1 amide bonds. The molecule has 0 unspecified atom stereocenters. The molecule has 0 radical (unpaired) electrons. The summed E-state index contributed by atoms with van der Waals surface area (Å²) in [5, 5.41) is 5.86. The zero-order chi connectivity index (χ0) is 23.5. The fraction of sp³-hybridized carbons (Fsp3) is 0.261. The number of halogens is 3. The lowest BCUT2D eigenvalue weighted by atomic mass is 10.0. The first-order valence-corrected chi connectivity index (χ1v) is 11.2. The molecule has 3 heterocycles. The van der Waals surface area contributed by atoms with Gasteiger partial charge in [0.15, 0.2) is 11.6 Å². The number of likely N-dealkylation sites (tertiary alicyclic amines) is 1. The molecule has 7 nitrogen and oxygen atoms in total. The van der Waals surface area contributed by atoms with Crippen LogP contribution in [0.25, 0.3) is 0 Å². The average molecular weight is 490 g/mol. The molecule has 1 aromatic carbocycles. The first-order valence-electron chi connectivity index (χ1n) is 10.4. The molecule has 10 heteroatoms. The Morgan fingerprint density at radius 1 is 1.15 bits per heavy atom. The van der Waals surface area contributed by atoms with Gasteiger partial charge in [-0.1, -0.05) is 23.2 Å². The van der Waals surface area contributed by atoms with Gasteiger partial charge in [-0.25, -0.2) is 9.37 Å². The second-order valence-electron chi connectivity index (χ2n) is 7.96. The summed E-state index contributed by atoms with van der Waals surface area (Å²) >= 11 is 11.7. The number of benzene rings is 1. The Labute approximate surface area is 200 Å². The number of aromatic nitrogens is 2. The van der Waals surface area contributed by atoms with Gasteiger partial charge in [-0.3, -0.25) is 9.59 Å². The highest BCUT2D eigenvalue weighted by Gasteiger charge is 2.22. The molecule has 0 saturated carbocycles. The van der Waals surface area contributed by atoms with Crippen molar-refractivity contribution in [1.29, 1.82) is 0 Å². The summed E-state index contributed by atoms with van der Waals surface area (Å²) in [6.07, 6.45) is 4.98. The molecular weight excluding hydrogens is 468 g/mol. The molecule has 4 rings (SSSR count). The summed E-state index contributed by atoms with van der Waals surface area (Å²) in [6.45, 7) is 2.09. The van der Waals surface area contributed by atoms with Crippen LogP contribution in [0.3, 0.4) is 0 Å². The van der Waals surface area contributed by atoms with Gasteiger partial charge in [0, 0.05) is 17.8 Å². The lowest BCUT2D eigenvalue weighted by Crippen LogP contribution is -2.36. The Hall–Kier alpha value is -2.94. The van der Waals surface area contributed by atoms with Crippen molar-refractivity contribution >= 4 is 46.4 Å². The smallest absolute Gasteiger partial charge is 0.272 e. The number of anilines is 2. The molecule has 1 saturated heterocycles. The van der Waals surface area contributed by atoms with E-state index in [0.717, 1.165) is 31.7 Å². The van der Waals surface area contributed by atoms with Crippen LogP contribution in [-0.4, -0.2) is 52.7 Å². The predicted molar refractivity (Wildman–Crippen MR) is 127 cm³/mol. The van der Waals surface area contributed by atoms with Crippen molar-refractivity contribution < 1.29 is 14.0 Å². The Bertz CT molecular complexity index is 1170. The Morgan fingerprint density at radius 2 is 1.88 bits per heavy atom. The summed E-state index contributed by atoms with van der Waals surface area (Å²) in [5.74, 6) is -1.30. The number of rotatable bonds is 6. The van der Waals surface area contributed by atoms with E-state index in [9.17, 15) is 14.0 Å². The van der Waals surface area contributed by atoms with Crippen LogP contribution in [0.2, 0.25) is 10.0 Å². The molecule has 1 fully saturated rings. The fourth-order valence-electron chi connectivity index (χ4n) is 3.65. The predicted octanol–water partition coefficient (Wildman–Crippen LogP) is 4.85. The lowest BCUT2D eigenvalue weighted by Gasteiger charge is -2.29. The molecule has 1 aliphatic heterocycles. The third kappa shape index (κ3) is 5.35. The molecular formula is C23H22Cl2FN5O2. The molecule has 3 aromatic rings. The van der Waals surface area contributed by atoms with E-state index in [2.05, 4.69) is 32.5 Å². The second kappa shape index (κ2) is 9.91. The number of hydrogen-bond acceptors (Lipinski definition) is 5. The van der Waals surface area contributed by atoms with Crippen LogP contribution in [0.4, 0.5) is 15.9 Å². The summed E-state index contributed by atoms with van der Waals surface area (Å²) in [7, 11) is 2.11. The van der Waals surface area contributed by atoms with Crippen molar-refractivity contribution in [3.8, 4) is 0 Å². The zero-order valence-electron chi connectivity index (χ0n) is 17.8. The van der Waals surface area contributed by atoms with Gasteiger partial charge in [0.05, 0.1) is 27.5 Å². The van der Waals surface area contributed by atoms with Gasteiger partial charge in [-0.05, 0) is 63.3 Å². The van der Waals surface area contributed by atoms with Crippen LogP contribution in [-0.2, 0) is 0 Å². The van der Waals surface area contributed by atoms with Crippen LogP contribution in [0.15, 0.2) is 42.7 Å². The quantitative estimate of drug-likeness (QED) is 0.340. The van der Waals surface area contributed by atoms with Crippen LogP contribution >= 0.6 is 23.2 Å². The van der Waals surface area contributed by atoms with E-state index in [4.69, 9.17) is 23.2 Å². The van der Waals surface area contributed by atoms with Crippen molar-refractivity contribution in [3.05, 3.63) is 75.4 Å². The van der Waals surface area contributed by atoms with Gasteiger partial charge in [0.1, 0.15) is 11.5 Å². The van der Waals surface area contributed by atoms with E-state index < -0.39 is 17.5 Å². The van der Waals surface area contributed by atoms with Gasteiger partial charge >= 0.3 is 0 Å². The molecule has 0 atom stereocenters. The largest absolute Gasteiger partial charge is 0.367 e. The van der Waals surface area contributed by atoms with E-state index >= 15 is 0 Å². The normalized spacial score (nSPS) is 14.8. The fourth-order valence-corrected chi connectivity index (χ4v) is 4.04. The van der Waals surface area contributed by atoms with Crippen LogP contribution in [0, 0.1) is 5.82 Å². The van der Waals surface area contributed by atoms with E-state index in [1.54, 1.807) is 12.3 Å². The van der Waals surface area contributed by atoms with E-state index in [1.807, 2.05) is 6.07 Å².